The smallest absolute Gasteiger partial charge is 0.264 e. The number of likely N-dealkylation sites (tertiary alicyclic amines) is 1. The molecule has 40 heavy (non-hydrogen) atoms. The molecule has 1 amide bonds. The van der Waals surface area contributed by atoms with Crippen LogP contribution in [0.15, 0.2) is 41.6 Å². The van der Waals surface area contributed by atoms with Crippen LogP contribution in [0.1, 0.15) is 51.4 Å². The molecule has 214 valence electrons. The lowest BCUT2D eigenvalue weighted by Gasteiger charge is -2.40. The van der Waals surface area contributed by atoms with Gasteiger partial charge in [0.2, 0.25) is 5.91 Å². The van der Waals surface area contributed by atoms with Gasteiger partial charge < -0.3 is 19.5 Å². The zero-order valence-electron chi connectivity index (χ0n) is 22.6. The molecule has 11 heteroatoms. The Morgan fingerprint density at radius 1 is 1.05 bits per heavy atom. The number of nitrogens with zero attached hydrogens (tertiary/aromatic N) is 5. The Morgan fingerprint density at radius 3 is 2.42 bits per heavy atom. The van der Waals surface area contributed by atoms with E-state index in [9.17, 15) is 19.1 Å². The molecule has 2 aromatic heterocycles. The molecule has 1 aliphatic carbocycles. The normalized spacial score (nSPS) is 23.9. The molecule has 0 bridgehead atoms. The van der Waals surface area contributed by atoms with Crippen molar-refractivity contribution in [3.63, 3.8) is 0 Å². The molecule has 10 nitrogen and oxygen atoms in total. The quantitative estimate of drug-likeness (QED) is 0.500. The van der Waals surface area contributed by atoms with Gasteiger partial charge in [-0.15, -0.1) is 0 Å². The van der Waals surface area contributed by atoms with Gasteiger partial charge in [-0.1, -0.05) is 0 Å². The summed E-state index contributed by atoms with van der Waals surface area (Å²) in [6.07, 6.45) is 9.52. The van der Waals surface area contributed by atoms with E-state index in [0.29, 0.717) is 42.7 Å². The largest absolute Gasteiger partial charge is 0.388 e. The van der Waals surface area contributed by atoms with Crippen molar-refractivity contribution in [2.75, 3.05) is 26.3 Å². The number of ether oxygens (including phenoxy) is 2. The van der Waals surface area contributed by atoms with Crippen molar-refractivity contribution in [1.82, 2.24) is 24.2 Å². The number of aromatic nitrogens is 4. The first-order chi connectivity index (χ1) is 19.4. The lowest BCUT2D eigenvalue weighted by Crippen LogP contribution is -2.51. The lowest BCUT2D eigenvalue weighted by molar-refractivity contribution is -0.143. The summed E-state index contributed by atoms with van der Waals surface area (Å²) in [6, 6.07) is 5.79. The molecule has 4 heterocycles. The molecule has 2 aliphatic heterocycles. The number of carbonyl (C=O) groups is 1. The molecule has 3 aromatic rings. The van der Waals surface area contributed by atoms with Gasteiger partial charge in [0.1, 0.15) is 17.5 Å². The van der Waals surface area contributed by atoms with Crippen LogP contribution in [-0.2, 0) is 20.8 Å². The maximum Gasteiger partial charge on any atom is 0.264 e. The summed E-state index contributed by atoms with van der Waals surface area (Å²) in [6.45, 7) is 2.54. The van der Waals surface area contributed by atoms with E-state index >= 15 is 0 Å². The van der Waals surface area contributed by atoms with Crippen LogP contribution in [-0.4, -0.2) is 79.4 Å². The van der Waals surface area contributed by atoms with E-state index in [4.69, 9.17) is 9.47 Å². The predicted octanol–water partition coefficient (Wildman–Crippen LogP) is 2.83. The fourth-order valence-corrected chi connectivity index (χ4v) is 6.24. The van der Waals surface area contributed by atoms with E-state index in [1.165, 1.54) is 33.9 Å². The minimum atomic E-state index is -1.11. The zero-order valence-corrected chi connectivity index (χ0v) is 22.6. The van der Waals surface area contributed by atoms with Crippen LogP contribution in [0.25, 0.3) is 16.7 Å². The van der Waals surface area contributed by atoms with Gasteiger partial charge in [-0.05, 0) is 75.6 Å². The molecule has 0 atom stereocenters. The Hall–Kier alpha value is -3.15. The monoisotopic (exact) mass is 553 g/mol. The summed E-state index contributed by atoms with van der Waals surface area (Å²) in [5.41, 5.74) is -0.451. The van der Waals surface area contributed by atoms with Crippen LogP contribution in [0.4, 0.5) is 4.39 Å². The van der Waals surface area contributed by atoms with E-state index in [-0.39, 0.29) is 42.0 Å². The molecule has 1 aromatic carbocycles. The van der Waals surface area contributed by atoms with Crippen molar-refractivity contribution in [2.24, 2.45) is 5.92 Å². The van der Waals surface area contributed by atoms with Crippen molar-refractivity contribution < 1.29 is 23.8 Å². The Labute approximate surface area is 231 Å². The molecule has 0 spiro atoms. The van der Waals surface area contributed by atoms with E-state index in [1.54, 1.807) is 12.1 Å². The van der Waals surface area contributed by atoms with Crippen LogP contribution < -0.4 is 5.56 Å². The molecular weight excluding hydrogens is 517 g/mol. The SMILES string of the molecule is O=c1c2cnn(-c3ccc(F)cc3)c2ncn1CC1(O)CCN(C(=O)[C@H]2CC[C@H](OC3CCOCC3)CC2)CC1. The summed E-state index contributed by atoms with van der Waals surface area (Å²) >= 11 is 0. The highest BCUT2D eigenvalue weighted by atomic mass is 19.1. The fourth-order valence-electron chi connectivity index (χ4n) is 6.24. The van der Waals surface area contributed by atoms with Crippen LogP contribution in [0.5, 0.6) is 0 Å². The highest BCUT2D eigenvalue weighted by Gasteiger charge is 2.38. The number of amides is 1. The van der Waals surface area contributed by atoms with Gasteiger partial charge in [0.05, 0.1) is 36.2 Å². The second kappa shape index (κ2) is 11.4. The van der Waals surface area contributed by atoms with Gasteiger partial charge in [0.25, 0.3) is 5.56 Å². The number of carbonyl (C=O) groups excluding carboxylic acids is 1. The van der Waals surface area contributed by atoms with Crippen LogP contribution in [0, 0.1) is 11.7 Å². The van der Waals surface area contributed by atoms with Gasteiger partial charge in [-0.3, -0.25) is 14.2 Å². The van der Waals surface area contributed by atoms with Gasteiger partial charge in [0.15, 0.2) is 5.65 Å². The summed E-state index contributed by atoms with van der Waals surface area (Å²) in [7, 11) is 0. The molecule has 2 saturated heterocycles. The zero-order chi connectivity index (χ0) is 27.7. The van der Waals surface area contributed by atoms with E-state index in [1.807, 2.05) is 4.90 Å². The summed E-state index contributed by atoms with van der Waals surface area (Å²) in [4.78, 5) is 32.7. The number of hydrogen-bond donors (Lipinski definition) is 1. The number of aliphatic hydroxyl groups is 1. The van der Waals surface area contributed by atoms with Crippen molar-refractivity contribution in [3.05, 3.63) is 53.0 Å². The lowest BCUT2D eigenvalue weighted by atomic mass is 9.84. The molecule has 3 fully saturated rings. The third-order valence-electron chi connectivity index (χ3n) is 8.67. The van der Waals surface area contributed by atoms with Gasteiger partial charge >= 0.3 is 0 Å². The molecule has 1 saturated carbocycles. The Balaban J connectivity index is 1.04. The molecule has 0 radical (unpaired) electrons. The van der Waals surface area contributed by atoms with Crippen LogP contribution in [0.2, 0.25) is 0 Å². The Morgan fingerprint density at radius 2 is 1.73 bits per heavy atom. The first-order valence-electron chi connectivity index (χ1n) is 14.3. The van der Waals surface area contributed by atoms with Crippen molar-refractivity contribution in [1.29, 1.82) is 0 Å². The van der Waals surface area contributed by atoms with Crippen molar-refractivity contribution in [3.8, 4) is 5.69 Å². The molecule has 3 aliphatic rings. The standard InChI is InChI=1S/C29H36FN5O5/c30-21-3-5-22(6-4-21)35-26-25(17-32-35)28(37)34(19-31-26)18-29(38)11-13-33(14-12-29)27(36)20-1-7-23(8-2-20)40-24-9-15-39-16-10-24/h3-6,17,19-20,23-24,38H,1-2,7-16,18H2/t20-,23-. The molecule has 1 N–H and O–H groups in total. The number of halogens is 1. The number of fused-ring (bicyclic) bond motifs is 1. The average molecular weight is 554 g/mol. The van der Waals surface area contributed by atoms with Crippen molar-refractivity contribution in [2.45, 2.75) is 75.7 Å². The van der Waals surface area contributed by atoms with Gasteiger partial charge in [0, 0.05) is 32.2 Å². The third kappa shape index (κ3) is 5.68. The fraction of sp³-hybridized carbons (Fsp3) is 0.586. The summed E-state index contributed by atoms with van der Waals surface area (Å²) in [5, 5.41) is 15.9. The average Bonchev–Trinajstić information content (AvgIpc) is 3.41. The Bertz CT molecular complexity index is 1380. The maximum atomic E-state index is 13.3. The molecule has 0 unspecified atom stereocenters. The number of piperidine rings is 1. The Kier molecular flexibility index (Phi) is 7.69. The topological polar surface area (TPSA) is 112 Å². The van der Waals surface area contributed by atoms with Gasteiger partial charge in [-0.2, -0.15) is 5.10 Å². The molecule has 6 rings (SSSR count). The summed E-state index contributed by atoms with van der Waals surface area (Å²) < 4.78 is 27.9. The van der Waals surface area contributed by atoms with Crippen LogP contribution in [0.3, 0.4) is 0 Å². The molecular formula is C29H36FN5O5. The highest BCUT2D eigenvalue weighted by Crippen LogP contribution is 2.32. The third-order valence-corrected chi connectivity index (χ3v) is 8.67. The second-order valence-corrected chi connectivity index (χ2v) is 11.4. The maximum absolute atomic E-state index is 13.3. The first-order valence-corrected chi connectivity index (χ1v) is 14.3. The minimum Gasteiger partial charge on any atom is -0.388 e. The first kappa shape index (κ1) is 27.0. The minimum absolute atomic E-state index is 0.00704. The number of hydrogen-bond acceptors (Lipinski definition) is 7. The van der Waals surface area contributed by atoms with E-state index in [2.05, 4.69) is 10.1 Å². The van der Waals surface area contributed by atoms with Crippen LogP contribution >= 0.6 is 0 Å². The highest BCUT2D eigenvalue weighted by molar-refractivity contribution is 5.79. The predicted molar refractivity (Wildman–Crippen MR) is 145 cm³/mol. The number of rotatable bonds is 6. The van der Waals surface area contributed by atoms with E-state index < -0.39 is 5.60 Å². The van der Waals surface area contributed by atoms with Crippen molar-refractivity contribution >= 4 is 16.9 Å². The number of benzene rings is 1. The van der Waals surface area contributed by atoms with Gasteiger partial charge in [-0.25, -0.2) is 14.1 Å². The second-order valence-electron chi connectivity index (χ2n) is 11.4. The summed E-state index contributed by atoms with van der Waals surface area (Å²) in [5.74, 6) is -0.188. The van der Waals surface area contributed by atoms with E-state index in [0.717, 1.165) is 51.7 Å².